The minimum atomic E-state index is -0.403. The third kappa shape index (κ3) is 7.07. The zero-order chi connectivity index (χ0) is 17.9. The van der Waals surface area contributed by atoms with E-state index < -0.39 is 6.09 Å². The second-order valence-electron chi connectivity index (χ2n) is 5.39. The molecule has 0 unspecified atom stereocenters. The summed E-state index contributed by atoms with van der Waals surface area (Å²) in [6.45, 7) is 1.41. The molecule has 0 saturated heterocycles. The van der Waals surface area contributed by atoms with Crippen LogP contribution in [0, 0.1) is 0 Å². The second-order valence-corrected chi connectivity index (χ2v) is 6.55. The number of thioether (sulfide) groups is 1. The Labute approximate surface area is 152 Å². The molecule has 2 aromatic rings. The normalized spacial score (nSPS) is 10.3. The molecule has 0 aliphatic rings. The van der Waals surface area contributed by atoms with Crippen LogP contribution in [0.25, 0.3) is 0 Å². The maximum atomic E-state index is 11.7. The largest absolute Gasteiger partial charge is 0.497 e. The molecule has 0 heterocycles. The molecule has 2 aromatic carbocycles. The van der Waals surface area contributed by atoms with Crippen LogP contribution < -0.4 is 15.8 Å². The maximum absolute atomic E-state index is 11.7. The van der Waals surface area contributed by atoms with E-state index in [1.807, 2.05) is 48.5 Å². The fourth-order valence-corrected chi connectivity index (χ4v) is 3.00. The van der Waals surface area contributed by atoms with Gasteiger partial charge in [-0.1, -0.05) is 24.3 Å². The van der Waals surface area contributed by atoms with Gasteiger partial charge in [0, 0.05) is 17.2 Å². The molecule has 5 nitrogen and oxygen atoms in total. The average Bonchev–Trinajstić information content (AvgIpc) is 2.65. The number of hydrogen-bond donors (Lipinski definition) is 2. The molecular formula is C19H24N2O3S. The Morgan fingerprint density at radius 2 is 1.92 bits per heavy atom. The van der Waals surface area contributed by atoms with Gasteiger partial charge in [-0.2, -0.15) is 0 Å². The molecule has 0 fully saturated rings. The second kappa shape index (κ2) is 10.6. The van der Waals surface area contributed by atoms with Gasteiger partial charge in [-0.25, -0.2) is 4.79 Å². The lowest BCUT2D eigenvalue weighted by Gasteiger charge is -2.08. The fraction of sp³-hybridized carbons (Fsp3) is 0.316. The van der Waals surface area contributed by atoms with Crippen LogP contribution in [-0.2, 0) is 17.8 Å². The highest BCUT2D eigenvalue weighted by molar-refractivity contribution is 7.99. The standard InChI is InChI=1S/C19H24N2O3S/c1-23-17-5-7-18(8-6-17)25-12-11-21-19(22)24-14-16-4-2-3-15(13-16)9-10-20/h2-8,13H,9-12,14,20H2,1H3,(H,21,22). The average molecular weight is 360 g/mol. The minimum absolute atomic E-state index is 0.260. The molecule has 2 rings (SSSR count). The smallest absolute Gasteiger partial charge is 0.407 e. The number of benzene rings is 2. The molecule has 0 spiro atoms. The Hall–Kier alpha value is -2.18. The summed E-state index contributed by atoms with van der Waals surface area (Å²) in [5.41, 5.74) is 7.67. The molecule has 0 aliphatic heterocycles. The number of methoxy groups -OCH3 is 1. The van der Waals surface area contributed by atoms with Crippen molar-refractivity contribution in [1.29, 1.82) is 0 Å². The minimum Gasteiger partial charge on any atom is -0.497 e. The van der Waals surface area contributed by atoms with E-state index in [2.05, 4.69) is 5.32 Å². The first-order valence-corrected chi connectivity index (χ1v) is 9.15. The van der Waals surface area contributed by atoms with Crippen molar-refractivity contribution >= 4 is 17.9 Å². The summed E-state index contributed by atoms with van der Waals surface area (Å²) < 4.78 is 10.4. The molecule has 0 atom stereocenters. The van der Waals surface area contributed by atoms with E-state index in [0.29, 0.717) is 13.1 Å². The molecule has 0 saturated carbocycles. The van der Waals surface area contributed by atoms with E-state index in [9.17, 15) is 4.79 Å². The number of nitrogens with two attached hydrogens (primary N) is 1. The van der Waals surface area contributed by atoms with Crippen molar-refractivity contribution in [2.24, 2.45) is 5.73 Å². The van der Waals surface area contributed by atoms with Crippen LogP contribution in [0.4, 0.5) is 4.79 Å². The number of alkyl carbamates (subject to hydrolysis) is 1. The first-order chi connectivity index (χ1) is 12.2. The van der Waals surface area contributed by atoms with Crippen LogP contribution in [0.2, 0.25) is 0 Å². The van der Waals surface area contributed by atoms with Crippen LogP contribution >= 0.6 is 11.8 Å². The monoisotopic (exact) mass is 360 g/mol. The first kappa shape index (κ1) is 19.1. The van der Waals surface area contributed by atoms with E-state index in [1.165, 1.54) is 0 Å². The zero-order valence-electron chi connectivity index (χ0n) is 14.4. The first-order valence-electron chi connectivity index (χ1n) is 8.16. The topological polar surface area (TPSA) is 73.6 Å². The molecule has 0 radical (unpaired) electrons. The summed E-state index contributed by atoms with van der Waals surface area (Å²) >= 11 is 1.67. The molecule has 3 N–H and O–H groups in total. The van der Waals surface area contributed by atoms with Gasteiger partial charge in [0.1, 0.15) is 12.4 Å². The predicted octanol–water partition coefficient (Wildman–Crippen LogP) is 3.21. The van der Waals surface area contributed by atoms with Crippen LogP contribution in [0.3, 0.4) is 0 Å². The quantitative estimate of drug-likeness (QED) is 0.531. The number of rotatable bonds is 9. The number of ether oxygens (including phenoxy) is 2. The Kier molecular flexibility index (Phi) is 8.15. The summed E-state index contributed by atoms with van der Waals surface area (Å²) in [5, 5.41) is 2.76. The van der Waals surface area contributed by atoms with Gasteiger partial charge < -0.3 is 20.5 Å². The van der Waals surface area contributed by atoms with Crippen molar-refractivity contribution in [2.75, 3.05) is 26.0 Å². The van der Waals surface area contributed by atoms with Crippen molar-refractivity contribution < 1.29 is 14.3 Å². The van der Waals surface area contributed by atoms with Crippen LogP contribution in [0.1, 0.15) is 11.1 Å². The third-order valence-electron chi connectivity index (χ3n) is 3.49. The Morgan fingerprint density at radius 1 is 1.16 bits per heavy atom. The van der Waals surface area contributed by atoms with E-state index in [1.54, 1.807) is 18.9 Å². The Bertz CT molecular complexity index is 662. The highest BCUT2D eigenvalue weighted by Gasteiger charge is 2.03. The number of carbonyl (C=O) groups excluding carboxylic acids is 1. The van der Waals surface area contributed by atoms with Crippen molar-refractivity contribution in [1.82, 2.24) is 5.32 Å². The summed E-state index contributed by atoms with van der Waals surface area (Å²) in [6, 6.07) is 15.8. The number of hydrogen-bond acceptors (Lipinski definition) is 5. The SMILES string of the molecule is COc1ccc(SCCNC(=O)OCc2cccc(CCN)c2)cc1. The zero-order valence-corrected chi connectivity index (χ0v) is 15.2. The summed E-state index contributed by atoms with van der Waals surface area (Å²) in [7, 11) is 1.64. The molecule has 0 aliphatic carbocycles. The Morgan fingerprint density at radius 3 is 2.64 bits per heavy atom. The van der Waals surface area contributed by atoms with Gasteiger partial charge in [0.25, 0.3) is 0 Å². The van der Waals surface area contributed by atoms with E-state index >= 15 is 0 Å². The van der Waals surface area contributed by atoms with Crippen molar-refractivity contribution in [2.45, 2.75) is 17.9 Å². The van der Waals surface area contributed by atoms with Crippen LogP contribution in [0.15, 0.2) is 53.4 Å². The Balaban J connectivity index is 1.64. The molecule has 6 heteroatoms. The van der Waals surface area contributed by atoms with Gasteiger partial charge in [-0.3, -0.25) is 0 Å². The van der Waals surface area contributed by atoms with Gasteiger partial charge in [-0.15, -0.1) is 11.8 Å². The van der Waals surface area contributed by atoms with E-state index in [0.717, 1.165) is 33.9 Å². The van der Waals surface area contributed by atoms with Gasteiger partial charge in [0.2, 0.25) is 0 Å². The molecule has 1 amide bonds. The van der Waals surface area contributed by atoms with Gasteiger partial charge in [0.05, 0.1) is 7.11 Å². The van der Waals surface area contributed by atoms with Crippen molar-refractivity contribution in [3.63, 3.8) is 0 Å². The highest BCUT2D eigenvalue weighted by Crippen LogP contribution is 2.20. The summed E-state index contributed by atoms with van der Waals surface area (Å²) in [4.78, 5) is 12.9. The van der Waals surface area contributed by atoms with Gasteiger partial charge in [-0.05, 0) is 48.4 Å². The number of amides is 1. The number of nitrogens with one attached hydrogen (secondary N) is 1. The van der Waals surface area contributed by atoms with E-state index in [-0.39, 0.29) is 6.61 Å². The van der Waals surface area contributed by atoms with Crippen molar-refractivity contribution in [3.05, 3.63) is 59.7 Å². The maximum Gasteiger partial charge on any atom is 0.407 e. The van der Waals surface area contributed by atoms with Crippen LogP contribution in [0.5, 0.6) is 5.75 Å². The van der Waals surface area contributed by atoms with E-state index in [4.69, 9.17) is 15.2 Å². The van der Waals surface area contributed by atoms with Gasteiger partial charge in [0.15, 0.2) is 0 Å². The summed E-state index contributed by atoms with van der Waals surface area (Å²) in [6.07, 6.45) is 0.419. The highest BCUT2D eigenvalue weighted by atomic mass is 32.2. The molecule has 134 valence electrons. The molecule has 0 bridgehead atoms. The van der Waals surface area contributed by atoms with Crippen molar-refractivity contribution in [3.8, 4) is 5.75 Å². The van der Waals surface area contributed by atoms with Gasteiger partial charge >= 0.3 is 6.09 Å². The molecular weight excluding hydrogens is 336 g/mol. The predicted molar refractivity (Wildman–Crippen MR) is 101 cm³/mol. The summed E-state index contributed by atoms with van der Waals surface area (Å²) in [5.74, 6) is 1.61. The molecule has 25 heavy (non-hydrogen) atoms. The lowest BCUT2D eigenvalue weighted by atomic mass is 10.1. The lowest BCUT2D eigenvalue weighted by Crippen LogP contribution is -2.26. The lowest BCUT2D eigenvalue weighted by molar-refractivity contribution is 0.140. The number of carbonyl (C=O) groups is 1. The fourth-order valence-electron chi connectivity index (χ4n) is 2.24. The molecule has 0 aromatic heterocycles. The third-order valence-corrected chi connectivity index (χ3v) is 4.51. The van der Waals surface area contributed by atoms with Crippen LogP contribution in [-0.4, -0.2) is 32.0 Å².